The second kappa shape index (κ2) is 3.35. The van der Waals surface area contributed by atoms with E-state index in [2.05, 4.69) is 10.6 Å². The standard InChI is InChI=1S/C10H17F3N2/c1-8(4-5-14-6-8)7-15-9(2-3-9)10(11,12)13/h14-15H,2-7H2,1H3. The van der Waals surface area contributed by atoms with Crippen LogP contribution in [0.2, 0.25) is 0 Å². The fourth-order valence-corrected chi connectivity index (χ4v) is 2.09. The minimum Gasteiger partial charge on any atom is -0.316 e. The van der Waals surface area contributed by atoms with E-state index in [1.807, 2.05) is 6.92 Å². The zero-order valence-electron chi connectivity index (χ0n) is 8.88. The van der Waals surface area contributed by atoms with Crippen molar-refractivity contribution in [2.45, 2.75) is 37.9 Å². The first-order chi connectivity index (χ1) is 6.87. The van der Waals surface area contributed by atoms with Crippen LogP contribution in [-0.4, -0.2) is 31.3 Å². The van der Waals surface area contributed by atoms with Gasteiger partial charge in [-0.3, -0.25) is 0 Å². The van der Waals surface area contributed by atoms with Gasteiger partial charge in [0.1, 0.15) is 5.54 Å². The van der Waals surface area contributed by atoms with Crippen molar-refractivity contribution in [3.8, 4) is 0 Å². The largest absolute Gasteiger partial charge is 0.406 e. The van der Waals surface area contributed by atoms with Gasteiger partial charge < -0.3 is 10.6 Å². The second-order valence-electron chi connectivity index (χ2n) is 5.17. The van der Waals surface area contributed by atoms with E-state index in [9.17, 15) is 13.2 Å². The van der Waals surface area contributed by atoms with Crippen LogP contribution in [0.15, 0.2) is 0 Å². The van der Waals surface area contributed by atoms with Crippen molar-refractivity contribution in [3.05, 3.63) is 0 Å². The summed E-state index contributed by atoms with van der Waals surface area (Å²) >= 11 is 0. The first-order valence-electron chi connectivity index (χ1n) is 5.40. The van der Waals surface area contributed by atoms with E-state index >= 15 is 0 Å². The van der Waals surface area contributed by atoms with Crippen LogP contribution in [0.3, 0.4) is 0 Å². The minimum atomic E-state index is -4.09. The molecule has 2 N–H and O–H groups in total. The van der Waals surface area contributed by atoms with Gasteiger partial charge in [0.25, 0.3) is 0 Å². The van der Waals surface area contributed by atoms with Gasteiger partial charge in [0.05, 0.1) is 0 Å². The lowest BCUT2D eigenvalue weighted by molar-refractivity contribution is -0.166. The predicted octanol–water partition coefficient (Wildman–Crippen LogP) is 1.67. The van der Waals surface area contributed by atoms with Crippen molar-refractivity contribution in [1.82, 2.24) is 10.6 Å². The zero-order valence-corrected chi connectivity index (χ0v) is 8.88. The molecule has 0 aromatic heterocycles. The molecule has 0 amide bonds. The summed E-state index contributed by atoms with van der Waals surface area (Å²) in [6.07, 6.45) is -2.66. The summed E-state index contributed by atoms with van der Waals surface area (Å²) in [5.41, 5.74) is -1.57. The molecule has 2 aliphatic rings. The number of nitrogens with one attached hydrogen (secondary N) is 2. The number of hydrogen-bond donors (Lipinski definition) is 2. The molecule has 0 bridgehead atoms. The van der Waals surface area contributed by atoms with Gasteiger partial charge in [-0.15, -0.1) is 0 Å². The summed E-state index contributed by atoms with van der Waals surface area (Å²) in [5, 5.41) is 5.91. The lowest BCUT2D eigenvalue weighted by atomic mass is 9.89. The second-order valence-corrected chi connectivity index (χ2v) is 5.17. The molecule has 1 aliphatic carbocycles. The van der Waals surface area contributed by atoms with E-state index in [4.69, 9.17) is 0 Å². The Labute approximate surface area is 87.6 Å². The molecular formula is C10H17F3N2. The fraction of sp³-hybridized carbons (Fsp3) is 1.00. The van der Waals surface area contributed by atoms with Gasteiger partial charge >= 0.3 is 6.18 Å². The van der Waals surface area contributed by atoms with Gasteiger partial charge in [-0.2, -0.15) is 13.2 Å². The maximum atomic E-state index is 12.6. The maximum absolute atomic E-state index is 12.6. The Balaban J connectivity index is 1.88. The smallest absolute Gasteiger partial charge is 0.316 e. The molecule has 1 unspecified atom stereocenters. The van der Waals surface area contributed by atoms with Gasteiger partial charge in [-0.1, -0.05) is 6.92 Å². The van der Waals surface area contributed by atoms with E-state index < -0.39 is 11.7 Å². The Morgan fingerprint density at radius 2 is 1.93 bits per heavy atom. The molecule has 15 heavy (non-hydrogen) atoms. The van der Waals surface area contributed by atoms with E-state index in [-0.39, 0.29) is 18.3 Å². The zero-order chi connectivity index (χ0) is 11.2. The highest BCUT2D eigenvalue weighted by atomic mass is 19.4. The summed E-state index contributed by atoms with van der Waals surface area (Å²) in [6, 6.07) is 0. The number of halogens is 3. The third kappa shape index (κ3) is 2.13. The summed E-state index contributed by atoms with van der Waals surface area (Å²) in [5.74, 6) is 0. The van der Waals surface area contributed by atoms with Gasteiger partial charge in [-0.05, 0) is 31.2 Å². The molecule has 1 aliphatic heterocycles. The van der Waals surface area contributed by atoms with Crippen LogP contribution in [0.25, 0.3) is 0 Å². The highest BCUT2D eigenvalue weighted by molar-refractivity contribution is 5.08. The lowest BCUT2D eigenvalue weighted by Gasteiger charge is -2.28. The van der Waals surface area contributed by atoms with Crippen molar-refractivity contribution in [2.75, 3.05) is 19.6 Å². The van der Waals surface area contributed by atoms with Crippen LogP contribution in [0.5, 0.6) is 0 Å². The van der Waals surface area contributed by atoms with Gasteiger partial charge in [0.2, 0.25) is 0 Å². The average molecular weight is 222 g/mol. The van der Waals surface area contributed by atoms with Crippen LogP contribution in [0, 0.1) is 5.41 Å². The number of rotatable bonds is 3. The lowest BCUT2D eigenvalue weighted by Crippen LogP contribution is -2.49. The number of alkyl halides is 3. The normalized spacial score (nSPS) is 34.4. The summed E-state index contributed by atoms with van der Waals surface area (Å²) in [7, 11) is 0. The molecule has 1 atom stereocenters. The van der Waals surface area contributed by atoms with Gasteiger partial charge in [-0.25, -0.2) is 0 Å². The van der Waals surface area contributed by atoms with E-state index in [0.29, 0.717) is 6.54 Å². The van der Waals surface area contributed by atoms with Crippen molar-refractivity contribution < 1.29 is 13.2 Å². The molecule has 2 fully saturated rings. The predicted molar refractivity (Wildman–Crippen MR) is 51.6 cm³/mol. The minimum absolute atomic E-state index is 0.0131. The first kappa shape index (κ1) is 11.2. The van der Waals surface area contributed by atoms with Gasteiger partial charge in [0.15, 0.2) is 0 Å². The Kier molecular flexibility index (Phi) is 2.50. The van der Waals surface area contributed by atoms with Gasteiger partial charge in [0, 0.05) is 13.1 Å². The molecule has 88 valence electrons. The molecule has 0 aromatic carbocycles. The molecule has 1 saturated carbocycles. The highest BCUT2D eigenvalue weighted by Gasteiger charge is 2.63. The molecule has 2 nitrogen and oxygen atoms in total. The Morgan fingerprint density at radius 1 is 1.27 bits per heavy atom. The van der Waals surface area contributed by atoms with Crippen molar-refractivity contribution >= 4 is 0 Å². The Morgan fingerprint density at radius 3 is 2.33 bits per heavy atom. The quantitative estimate of drug-likeness (QED) is 0.759. The van der Waals surface area contributed by atoms with Crippen LogP contribution in [0.4, 0.5) is 13.2 Å². The van der Waals surface area contributed by atoms with Crippen molar-refractivity contribution in [3.63, 3.8) is 0 Å². The molecule has 1 heterocycles. The summed E-state index contributed by atoms with van der Waals surface area (Å²) in [4.78, 5) is 0. The topological polar surface area (TPSA) is 24.1 Å². The third-order valence-corrected chi connectivity index (χ3v) is 3.60. The monoisotopic (exact) mass is 222 g/mol. The van der Waals surface area contributed by atoms with Crippen LogP contribution >= 0.6 is 0 Å². The Bertz CT molecular complexity index is 240. The average Bonchev–Trinajstić information content (AvgIpc) is 2.82. The maximum Gasteiger partial charge on any atom is 0.406 e. The first-order valence-corrected chi connectivity index (χ1v) is 5.40. The molecule has 0 spiro atoms. The molecule has 0 aromatic rings. The summed E-state index contributed by atoms with van der Waals surface area (Å²) < 4.78 is 37.8. The SMILES string of the molecule is CC1(CNC2(C(F)(F)F)CC2)CCNC1. The molecule has 1 saturated heterocycles. The summed E-state index contributed by atoms with van der Waals surface area (Å²) in [6.45, 7) is 4.22. The highest BCUT2D eigenvalue weighted by Crippen LogP contribution is 2.49. The van der Waals surface area contributed by atoms with E-state index in [1.165, 1.54) is 0 Å². The van der Waals surface area contributed by atoms with Crippen molar-refractivity contribution in [2.24, 2.45) is 5.41 Å². The van der Waals surface area contributed by atoms with Crippen molar-refractivity contribution in [1.29, 1.82) is 0 Å². The third-order valence-electron chi connectivity index (χ3n) is 3.60. The molecular weight excluding hydrogens is 205 g/mol. The fourth-order valence-electron chi connectivity index (χ4n) is 2.09. The number of hydrogen-bond acceptors (Lipinski definition) is 2. The van der Waals surface area contributed by atoms with E-state index in [0.717, 1.165) is 19.5 Å². The Hall–Kier alpha value is -0.290. The van der Waals surface area contributed by atoms with E-state index in [1.54, 1.807) is 0 Å². The van der Waals surface area contributed by atoms with Crippen LogP contribution < -0.4 is 10.6 Å². The molecule has 5 heteroatoms. The van der Waals surface area contributed by atoms with Crippen LogP contribution in [0.1, 0.15) is 26.2 Å². The molecule has 2 rings (SSSR count). The molecule has 0 radical (unpaired) electrons. The van der Waals surface area contributed by atoms with Crippen LogP contribution in [-0.2, 0) is 0 Å².